The van der Waals surface area contributed by atoms with E-state index < -0.39 is 11.6 Å². The highest BCUT2D eigenvalue weighted by molar-refractivity contribution is 7.22. The average molecular weight is 475 g/mol. The molecule has 8 nitrogen and oxygen atoms in total. The molecule has 2 aromatic heterocycles. The number of methoxy groups -OCH3 is 1. The molecule has 2 aromatic carbocycles. The summed E-state index contributed by atoms with van der Waals surface area (Å²) in [6, 6.07) is 17.1. The van der Waals surface area contributed by atoms with Crippen LogP contribution in [-0.4, -0.2) is 34.6 Å². The van der Waals surface area contributed by atoms with Gasteiger partial charge in [-0.2, -0.15) is 0 Å². The number of carbonyl (C=O) groups excluding carboxylic acids is 2. The summed E-state index contributed by atoms with van der Waals surface area (Å²) in [7, 11) is 1.65. The van der Waals surface area contributed by atoms with Crippen molar-refractivity contribution in [2.24, 2.45) is 0 Å². The molecule has 34 heavy (non-hydrogen) atoms. The summed E-state index contributed by atoms with van der Waals surface area (Å²) in [6.07, 6.45) is 2.64. The molecule has 1 fully saturated rings. The first-order valence-corrected chi connectivity index (χ1v) is 11.5. The zero-order valence-electron chi connectivity index (χ0n) is 18.6. The van der Waals surface area contributed by atoms with Gasteiger partial charge in [0.15, 0.2) is 0 Å². The number of carbonyl (C=O) groups is 2. The molecule has 0 aliphatic carbocycles. The smallest absolute Gasteiger partial charge is 0.322 e. The minimum atomic E-state index is -0.889. The number of hydrogen-bond acceptors (Lipinski definition) is 7. The van der Waals surface area contributed by atoms with Crippen LogP contribution in [0.5, 0.6) is 17.4 Å². The van der Waals surface area contributed by atoms with Crippen molar-refractivity contribution in [3.05, 3.63) is 66.5 Å². The lowest BCUT2D eigenvalue weighted by Gasteiger charge is -2.20. The number of urea groups is 1. The van der Waals surface area contributed by atoms with Gasteiger partial charge in [0.2, 0.25) is 5.88 Å². The molecule has 9 heteroatoms. The Kier molecular flexibility index (Phi) is 5.62. The highest BCUT2D eigenvalue weighted by Crippen LogP contribution is 2.38. The largest absolute Gasteiger partial charge is 0.497 e. The molecule has 0 spiro atoms. The van der Waals surface area contributed by atoms with Gasteiger partial charge in [0.1, 0.15) is 28.1 Å². The van der Waals surface area contributed by atoms with Crippen LogP contribution in [0, 0.1) is 0 Å². The van der Waals surface area contributed by atoms with Crippen molar-refractivity contribution in [1.82, 2.24) is 20.6 Å². The molecule has 0 bridgehead atoms. The molecule has 1 aliphatic rings. The predicted molar refractivity (Wildman–Crippen MR) is 129 cm³/mol. The number of benzene rings is 2. The van der Waals surface area contributed by atoms with Crippen molar-refractivity contribution in [2.45, 2.75) is 25.3 Å². The second kappa shape index (κ2) is 8.75. The van der Waals surface area contributed by atoms with Gasteiger partial charge in [-0.1, -0.05) is 12.1 Å². The third kappa shape index (κ3) is 4.29. The monoisotopic (exact) mass is 474 g/mol. The number of rotatable bonds is 7. The lowest BCUT2D eigenvalue weighted by atomic mass is 9.93. The van der Waals surface area contributed by atoms with Gasteiger partial charge < -0.3 is 14.8 Å². The third-order valence-corrected chi connectivity index (χ3v) is 6.98. The molecule has 0 unspecified atom stereocenters. The highest BCUT2D eigenvalue weighted by atomic mass is 32.1. The first kappa shape index (κ1) is 21.8. The Balaban J connectivity index is 1.30. The molecule has 1 atom stereocenters. The van der Waals surface area contributed by atoms with E-state index >= 15 is 0 Å². The fourth-order valence-corrected chi connectivity index (χ4v) is 4.83. The van der Waals surface area contributed by atoms with Crippen LogP contribution in [0.15, 0.2) is 60.9 Å². The fraction of sp³-hybridized carbons (Fsp3) is 0.200. The molecule has 3 heterocycles. The summed E-state index contributed by atoms with van der Waals surface area (Å²) in [5.41, 5.74) is 2.04. The highest BCUT2D eigenvalue weighted by Gasteiger charge is 2.41. The summed E-state index contributed by atoms with van der Waals surface area (Å²) >= 11 is 1.57. The lowest BCUT2D eigenvalue weighted by molar-refractivity contribution is -0.123. The summed E-state index contributed by atoms with van der Waals surface area (Å²) in [5, 5.41) is 4.97. The molecule has 1 aliphatic heterocycles. The number of fused-ring (bicyclic) bond motifs is 1. The number of ether oxygens (including phenoxy) is 2. The van der Waals surface area contributed by atoms with Gasteiger partial charge in [-0.05, 0) is 73.4 Å². The zero-order chi connectivity index (χ0) is 23.7. The van der Waals surface area contributed by atoms with Crippen molar-refractivity contribution >= 4 is 33.5 Å². The minimum absolute atomic E-state index is 0.296. The quantitative estimate of drug-likeness (QED) is 0.377. The van der Waals surface area contributed by atoms with E-state index in [9.17, 15) is 9.59 Å². The van der Waals surface area contributed by atoms with Gasteiger partial charge in [0.05, 0.1) is 12.6 Å². The number of aromatic nitrogens is 2. The number of nitrogens with zero attached hydrogens (tertiary/aromatic N) is 2. The second-order valence-corrected chi connectivity index (χ2v) is 9.27. The SMILES string of the molecule is COc1ccc(-c2cc3ncnc(Oc4ccc(CC[C@@]5(C)NC(=O)NC5=O)cc4)c3s2)cc1. The topological polar surface area (TPSA) is 102 Å². The van der Waals surface area contributed by atoms with Crippen molar-refractivity contribution in [1.29, 1.82) is 0 Å². The Hall–Kier alpha value is -3.98. The molecule has 4 aromatic rings. The molecule has 5 rings (SSSR count). The van der Waals surface area contributed by atoms with E-state index in [0.717, 1.165) is 32.0 Å². The standard InChI is InChI=1S/C25H22N4O4S/c1-25(23(30)28-24(31)29-25)12-11-15-3-7-18(8-4-15)33-22-21-19(26-14-27-22)13-20(34-21)16-5-9-17(32-2)10-6-16/h3-10,13-14H,11-12H2,1-2H3,(H2,28,29,30,31)/t25-/m1/s1. The number of aryl methyl sites for hydroxylation is 1. The molecule has 1 saturated heterocycles. The van der Waals surface area contributed by atoms with Crippen molar-refractivity contribution < 1.29 is 19.1 Å². The van der Waals surface area contributed by atoms with E-state index in [1.54, 1.807) is 25.4 Å². The Labute approximate surface area is 200 Å². The molecular formula is C25H22N4O4S. The second-order valence-electron chi connectivity index (χ2n) is 8.22. The molecule has 172 valence electrons. The van der Waals surface area contributed by atoms with E-state index in [1.807, 2.05) is 54.6 Å². The van der Waals surface area contributed by atoms with Crippen molar-refractivity contribution in [2.75, 3.05) is 7.11 Å². The van der Waals surface area contributed by atoms with E-state index in [1.165, 1.54) is 6.33 Å². The Morgan fingerprint density at radius 2 is 1.74 bits per heavy atom. The third-order valence-electron chi connectivity index (χ3n) is 5.82. The lowest BCUT2D eigenvalue weighted by Crippen LogP contribution is -2.43. The molecular weight excluding hydrogens is 452 g/mol. The summed E-state index contributed by atoms with van der Waals surface area (Å²) < 4.78 is 12.2. The number of nitrogens with one attached hydrogen (secondary N) is 2. The number of hydrogen-bond donors (Lipinski definition) is 2. The Bertz CT molecular complexity index is 1370. The van der Waals surface area contributed by atoms with Gasteiger partial charge in [-0.25, -0.2) is 14.8 Å². The average Bonchev–Trinajstić information content (AvgIpc) is 3.39. The molecule has 0 radical (unpaired) electrons. The van der Waals surface area contributed by atoms with Crippen LogP contribution in [0.2, 0.25) is 0 Å². The van der Waals surface area contributed by atoms with Crippen LogP contribution < -0.4 is 20.1 Å². The maximum atomic E-state index is 12.0. The minimum Gasteiger partial charge on any atom is -0.497 e. The first-order chi connectivity index (χ1) is 16.4. The zero-order valence-corrected chi connectivity index (χ0v) is 19.4. The van der Waals surface area contributed by atoms with Gasteiger partial charge in [-0.3, -0.25) is 10.1 Å². The molecule has 2 N–H and O–H groups in total. The van der Waals surface area contributed by atoms with Crippen molar-refractivity contribution in [3.63, 3.8) is 0 Å². The number of imide groups is 1. The van der Waals surface area contributed by atoms with Crippen LogP contribution in [0.1, 0.15) is 18.9 Å². The van der Waals surface area contributed by atoms with Crippen molar-refractivity contribution in [3.8, 4) is 27.8 Å². The van der Waals surface area contributed by atoms with E-state index in [4.69, 9.17) is 9.47 Å². The van der Waals surface area contributed by atoms with Gasteiger partial charge in [0.25, 0.3) is 5.91 Å². The number of amides is 3. The molecule has 0 saturated carbocycles. The summed E-state index contributed by atoms with van der Waals surface area (Å²) in [4.78, 5) is 33.2. The summed E-state index contributed by atoms with van der Waals surface area (Å²) in [6.45, 7) is 1.73. The van der Waals surface area contributed by atoms with Crippen LogP contribution in [0.25, 0.3) is 20.7 Å². The van der Waals surface area contributed by atoms with Crippen LogP contribution >= 0.6 is 11.3 Å². The van der Waals surface area contributed by atoms with E-state index in [2.05, 4.69) is 20.6 Å². The van der Waals surface area contributed by atoms with Crippen LogP contribution in [0.4, 0.5) is 4.79 Å². The van der Waals surface area contributed by atoms with E-state index in [0.29, 0.717) is 24.5 Å². The predicted octanol–water partition coefficient (Wildman–Crippen LogP) is 4.69. The first-order valence-electron chi connectivity index (χ1n) is 10.7. The van der Waals surface area contributed by atoms with Crippen LogP contribution in [0.3, 0.4) is 0 Å². The fourth-order valence-electron chi connectivity index (χ4n) is 3.79. The summed E-state index contributed by atoms with van der Waals surface area (Å²) in [5.74, 6) is 1.67. The van der Waals surface area contributed by atoms with Gasteiger partial charge in [0, 0.05) is 4.88 Å². The maximum absolute atomic E-state index is 12.0. The molecule has 3 amide bonds. The Morgan fingerprint density at radius 3 is 2.41 bits per heavy atom. The Morgan fingerprint density at radius 1 is 1.00 bits per heavy atom. The maximum Gasteiger partial charge on any atom is 0.322 e. The normalized spacial score (nSPS) is 17.5. The van der Waals surface area contributed by atoms with E-state index in [-0.39, 0.29) is 5.91 Å². The van der Waals surface area contributed by atoms with Gasteiger partial charge in [-0.15, -0.1) is 11.3 Å². The van der Waals surface area contributed by atoms with Crippen LogP contribution in [-0.2, 0) is 11.2 Å². The van der Waals surface area contributed by atoms with Gasteiger partial charge >= 0.3 is 6.03 Å². The number of thiophene rings is 1.